The van der Waals surface area contributed by atoms with Gasteiger partial charge in [0.05, 0.1) is 24.1 Å². The molecule has 0 bridgehead atoms. The van der Waals surface area contributed by atoms with E-state index in [2.05, 4.69) is 35.6 Å². The minimum atomic E-state index is 0.307. The number of hydrogen-bond acceptors (Lipinski definition) is 9. The van der Waals surface area contributed by atoms with Gasteiger partial charge < -0.3 is 16.4 Å². The number of nitrogen functional groups attached to an aromatic ring is 1. The van der Waals surface area contributed by atoms with E-state index in [9.17, 15) is 0 Å². The molecule has 25 heavy (non-hydrogen) atoms. The van der Waals surface area contributed by atoms with Crippen molar-refractivity contribution in [2.45, 2.75) is 19.4 Å². The molecule has 1 aliphatic heterocycles. The third-order valence-corrected chi connectivity index (χ3v) is 4.89. The zero-order valence-corrected chi connectivity index (χ0v) is 14.4. The number of aromatic nitrogens is 5. The molecule has 0 saturated heterocycles. The highest BCUT2D eigenvalue weighted by Gasteiger charge is 2.16. The number of nitrogens with zero attached hydrogens (tertiary/aromatic N) is 5. The van der Waals surface area contributed by atoms with Crippen LogP contribution in [0.25, 0.3) is 10.7 Å². The Bertz CT molecular complexity index is 864. The largest absolute Gasteiger partial charge is 0.368 e. The third kappa shape index (κ3) is 3.57. The van der Waals surface area contributed by atoms with Crippen LogP contribution in [0.4, 0.5) is 11.8 Å². The van der Waals surface area contributed by atoms with Crippen LogP contribution in [-0.2, 0) is 19.4 Å². The molecule has 3 aromatic rings. The van der Waals surface area contributed by atoms with E-state index in [0.717, 1.165) is 59.4 Å². The standard InChI is InChI=1S/C16H18N8S/c17-16-23-12-2-4-18-3-1-11(12)14(24-16)21-7-10-9-25-15(22-10)13-8-19-5-6-20-13/h5-6,8-9,18H,1-4,7H2,(H3,17,21,23,24). The third-order valence-electron chi connectivity index (χ3n) is 3.97. The van der Waals surface area contributed by atoms with Gasteiger partial charge in [-0.25, -0.2) is 9.97 Å². The summed E-state index contributed by atoms with van der Waals surface area (Å²) < 4.78 is 0. The first-order chi connectivity index (χ1) is 12.3. The van der Waals surface area contributed by atoms with Crippen molar-refractivity contribution < 1.29 is 0 Å². The van der Waals surface area contributed by atoms with Gasteiger partial charge in [-0.1, -0.05) is 0 Å². The topological polar surface area (TPSA) is 115 Å². The molecule has 3 aromatic heterocycles. The number of hydrogen-bond donors (Lipinski definition) is 3. The minimum Gasteiger partial charge on any atom is -0.368 e. The fourth-order valence-electron chi connectivity index (χ4n) is 2.80. The summed E-state index contributed by atoms with van der Waals surface area (Å²) in [6.07, 6.45) is 6.79. The van der Waals surface area contributed by atoms with Gasteiger partial charge in [0.1, 0.15) is 16.5 Å². The van der Waals surface area contributed by atoms with Crippen molar-refractivity contribution in [3.63, 3.8) is 0 Å². The highest BCUT2D eigenvalue weighted by atomic mass is 32.1. The van der Waals surface area contributed by atoms with Crippen molar-refractivity contribution >= 4 is 23.1 Å². The van der Waals surface area contributed by atoms with Crippen LogP contribution in [-0.4, -0.2) is 38.0 Å². The van der Waals surface area contributed by atoms with Crippen molar-refractivity contribution in [1.82, 2.24) is 30.2 Å². The van der Waals surface area contributed by atoms with E-state index >= 15 is 0 Å². The van der Waals surface area contributed by atoms with Crippen LogP contribution in [0.1, 0.15) is 17.0 Å². The van der Waals surface area contributed by atoms with Gasteiger partial charge in [-0.2, -0.15) is 4.98 Å². The lowest BCUT2D eigenvalue weighted by Crippen LogP contribution is -2.16. The molecular formula is C16H18N8S. The number of fused-ring (bicyclic) bond motifs is 1. The van der Waals surface area contributed by atoms with Crippen molar-refractivity contribution in [3.8, 4) is 10.7 Å². The van der Waals surface area contributed by atoms with Gasteiger partial charge in [-0.3, -0.25) is 9.97 Å². The van der Waals surface area contributed by atoms with Crippen LogP contribution in [0, 0.1) is 0 Å². The number of nitrogens with one attached hydrogen (secondary N) is 2. The average Bonchev–Trinajstić information content (AvgIpc) is 2.98. The fraction of sp³-hybridized carbons (Fsp3) is 0.312. The molecule has 4 N–H and O–H groups in total. The van der Waals surface area contributed by atoms with Gasteiger partial charge in [0.2, 0.25) is 5.95 Å². The summed E-state index contributed by atoms with van der Waals surface area (Å²) >= 11 is 1.55. The molecular weight excluding hydrogens is 336 g/mol. The van der Waals surface area contributed by atoms with Crippen LogP contribution in [0.5, 0.6) is 0 Å². The zero-order valence-electron chi connectivity index (χ0n) is 13.6. The van der Waals surface area contributed by atoms with Crippen molar-refractivity contribution in [3.05, 3.63) is 40.9 Å². The Kier molecular flexibility index (Phi) is 4.49. The first-order valence-corrected chi connectivity index (χ1v) is 8.98. The quantitative estimate of drug-likeness (QED) is 0.642. The predicted molar refractivity (Wildman–Crippen MR) is 97.2 cm³/mol. The van der Waals surface area contributed by atoms with E-state index in [1.807, 2.05) is 5.38 Å². The van der Waals surface area contributed by atoms with Crippen LogP contribution in [0.3, 0.4) is 0 Å². The highest BCUT2D eigenvalue weighted by molar-refractivity contribution is 7.13. The Morgan fingerprint density at radius 1 is 1.16 bits per heavy atom. The number of nitrogens with two attached hydrogens (primary N) is 1. The van der Waals surface area contributed by atoms with E-state index in [4.69, 9.17) is 5.73 Å². The van der Waals surface area contributed by atoms with Crippen LogP contribution < -0.4 is 16.4 Å². The Labute approximate surface area is 149 Å². The van der Waals surface area contributed by atoms with Gasteiger partial charge in [0.15, 0.2) is 0 Å². The van der Waals surface area contributed by atoms with E-state index in [1.165, 1.54) is 0 Å². The van der Waals surface area contributed by atoms with Crippen LogP contribution in [0.15, 0.2) is 24.0 Å². The summed E-state index contributed by atoms with van der Waals surface area (Å²) in [5, 5.41) is 9.62. The van der Waals surface area contributed by atoms with E-state index in [0.29, 0.717) is 12.5 Å². The average molecular weight is 354 g/mol. The monoisotopic (exact) mass is 354 g/mol. The molecule has 1 aliphatic rings. The Morgan fingerprint density at radius 2 is 2.08 bits per heavy atom. The molecule has 0 aliphatic carbocycles. The summed E-state index contributed by atoms with van der Waals surface area (Å²) in [6, 6.07) is 0. The Balaban J connectivity index is 1.52. The van der Waals surface area contributed by atoms with Crippen molar-refractivity contribution in [2.75, 3.05) is 24.1 Å². The lowest BCUT2D eigenvalue weighted by atomic mass is 10.1. The van der Waals surface area contributed by atoms with Crippen LogP contribution in [0.2, 0.25) is 0 Å². The minimum absolute atomic E-state index is 0.307. The molecule has 128 valence electrons. The lowest BCUT2D eigenvalue weighted by Gasteiger charge is -2.12. The SMILES string of the molecule is Nc1nc2c(c(NCc3csc(-c4cnccn4)n3)n1)CCNCC2. The van der Waals surface area contributed by atoms with Crippen molar-refractivity contribution in [1.29, 1.82) is 0 Å². The molecule has 8 nitrogen and oxygen atoms in total. The second-order valence-corrected chi connectivity index (χ2v) is 6.55. The highest BCUT2D eigenvalue weighted by Crippen LogP contribution is 2.23. The normalized spacial score (nSPS) is 13.9. The summed E-state index contributed by atoms with van der Waals surface area (Å²) in [7, 11) is 0. The van der Waals surface area contributed by atoms with E-state index in [1.54, 1.807) is 29.9 Å². The van der Waals surface area contributed by atoms with Gasteiger partial charge in [0, 0.05) is 36.3 Å². The maximum absolute atomic E-state index is 5.87. The smallest absolute Gasteiger partial charge is 0.222 e. The maximum Gasteiger partial charge on any atom is 0.222 e. The first-order valence-electron chi connectivity index (χ1n) is 8.10. The molecule has 0 radical (unpaired) electrons. The van der Waals surface area contributed by atoms with Crippen molar-refractivity contribution in [2.24, 2.45) is 0 Å². The summed E-state index contributed by atoms with van der Waals surface area (Å²) in [5.74, 6) is 1.11. The van der Waals surface area contributed by atoms with Gasteiger partial charge >= 0.3 is 0 Å². The van der Waals surface area contributed by atoms with E-state index in [-0.39, 0.29) is 0 Å². The molecule has 0 unspecified atom stereocenters. The number of thiazole rings is 1. The molecule has 0 aromatic carbocycles. The Morgan fingerprint density at radius 3 is 2.96 bits per heavy atom. The van der Waals surface area contributed by atoms with Gasteiger partial charge in [-0.15, -0.1) is 11.3 Å². The Hall–Kier alpha value is -2.65. The molecule has 0 atom stereocenters. The van der Waals surface area contributed by atoms with Gasteiger partial charge in [-0.05, 0) is 13.0 Å². The molecule has 0 saturated carbocycles. The number of anilines is 2. The second-order valence-electron chi connectivity index (χ2n) is 5.69. The summed E-state index contributed by atoms with van der Waals surface area (Å²) in [6.45, 7) is 2.41. The fourth-order valence-corrected chi connectivity index (χ4v) is 3.58. The zero-order chi connectivity index (χ0) is 17.1. The molecule has 0 fully saturated rings. The first kappa shape index (κ1) is 15.9. The van der Waals surface area contributed by atoms with Gasteiger partial charge in [0.25, 0.3) is 0 Å². The molecule has 0 amide bonds. The maximum atomic E-state index is 5.87. The van der Waals surface area contributed by atoms with Crippen LogP contribution >= 0.6 is 11.3 Å². The van der Waals surface area contributed by atoms with E-state index < -0.39 is 0 Å². The number of rotatable bonds is 4. The lowest BCUT2D eigenvalue weighted by molar-refractivity contribution is 0.708. The molecule has 9 heteroatoms. The predicted octanol–water partition coefficient (Wildman–Crippen LogP) is 1.27. The molecule has 4 rings (SSSR count). The molecule has 4 heterocycles. The molecule has 0 spiro atoms. The second kappa shape index (κ2) is 7.08. The summed E-state index contributed by atoms with van der Waals surface area (Å²) in [5.41, 5.74) is 9.76. The summed E-state index contributed by atoms with van der Waals surface area (Å²) in [4.78, 5) is 21.8.